The van der Waals surface area contributed by atoms with Crippen molar-refractivity contribution in [2.75, 3.05) is 4.72 Å². The van der Waals surface area contributed by atoms with E-state index in [1.165, 1.54) is 18.5 Å². The zero-order chi connectivity index (χ0) is 14.1. The minimum atomic E-state index is -4.76. The summed E-state index contributed by atoms with van der Waals surface area (Å²) in [7, 11) is -4.36. The third-order valence-corrected chi connectivity index (χ3v) is 3.61. The number of aromatic amines is 1. The fraction of sp³-hybridized carbons (Fsp3) is 0.100. The van der Waals surface area contributed by atoms with Crippen LogP contribution in [0.5, 0.6) is 0 Å². The fourth-order valence-corrected chi connectivity index (χ4v) is 2.65. The summed E-state index contributed by atoms with van der Waals surface area (Å²) in [5.74, 6) is -0.156. The van der Waals surface area contributed by atoms with Gasteiger partial charge < -0.3 is 4.98 Å². The Morgan fingerprint density at radius 1 is 1.21 bits per heavy atom. The molecule has 19 heavy (non-hydrogen) atoms. The highest BCUT2D eigenvalue weighted by Gasteiger charge is 2.37. The first-order valence-corrected chi connectivity index (χ1v) is 6.47. The van der Waals surface area contributed by atoms with Crippen LogP contribution in [0.25, 0.3) is 0 Å². The molecule has 1 aromatic carbocycles. The maximum absolute atomic E-state index is 12.7. The number of benzene rings is 1. The largest absolute Gasteiger partial charge is 0.417 e. The lowest BCUT2D eigenvalue weighted by atomic mass is 10.2. The number of nitrogens with zero attached hydrogens (tertiary/aromatic N) is 1. The predicted molar refractivity (Wildman–Crippen MR) is 60.8 cm³/mol. The van der Waals surface area contributed by atoms with Gasteiger partial charge >= 0.3 is 6.18 Å². The number of rotatable bonds is 3. The molecule has 9 heteroatoms. The summed E-state index contributed by atoms with van der Waals surface area (Å²) in [6.45, 7) is 0. The number of aromatic nitrogens is 2. The fourth-order valence-electron chi connectivity index (χ4n) is 1.44. The number of nitrogens with one attached hydrogen (secondary N) is 2. The number of sulfonamides is 1. The number of alkyl halides is 3. The maximum Gasteiger partial charge on any atom is 0.417 e. The molecule has 0 aliphatic carbocycles. The third kappa shape index (κ3) is 2.87. The lowest BCUT2D eigenvalue weighted by molar-refractivity contribution is -0.139. The van der Waals surface area contributed by atoms with E-state index in [1.807, 2.05) is 4.72 Å². The lowest BCUT2D eigenvalue weighted by Crippen LogP contribution is -2.19. The van der Waals surface area contributed by atoms with Gasteiger partial charge in [-0.15, -0.1) is 0 Å². The van der Waals surface area contributed by atoms with Crippen molar-refractivity contribution >= 4 is 16.0 Å². The molecule has 0 amide bonds. The molecule has 2 aromatic rings. The van der Waals surface area contributed by atoms with E-state index in [9.17, 15) is 21.6 Å². The monoisotopic (exact) mass is 291 g/mol. The highest BCUT2D eigenvalue weighted by atomic mass is 32.2. The molecule has 2 rings (SSSR count). The van der Waals surface area contributed by atoms with Crippen LogP contribution in [0.1, 0.15) is 5.56 Å². The third-order valence-electron chi connectivity index (χ3n) is 2.21. The number of hydrogen-bond donors (Lipinski definition) is 2. The van der Waals surface area contributed by atoms with Gasteiger partial charge in [-0.25, -0.2) is 18.1 Å². The van der Waals surface area contributed by atoms with E-state index in [4.69, 9.17) is 0 Å². The van der Waals surface area contributed by atoms with E-state index >= 15 is 0 Å². The molecule has 2 N–H and O–H groups in total. The summed E-state index contributed by atoms with van der Waals surface area (Å²) in [4.78, 5) is 5.18. The van der Waals surface area contributed by atoms with E-state index in [0.717, 1.165) is 12.1 Å². The van der Waals surface area contributed by atoms with Crippen molar-refractivity contribution in [3.63, 3.8) is 0 Å². The summed E-state index contributed by atoms with van der Waals surface area (Å²) in [5, 5.41) is 0. The summed E-state index contributed by atoms with van der Waals surface area (Å²) < 4.78 is 63.9. The standard InChI is InChI=1S/C10H8F3N3O2S/c11-10(12,13)7-3-1-2-4-8(7)19(17,18)16-9-14-5-6-15-9/h1-6H,(H2,14,15,16). The molecule has 5 nitrogen and oxygen atoms in total. The minimum absolute atomic E-state index is 0.156. The Bertz CT molecular complexity index is 666. The first kappa shape index (κ1) is 13.4. The van der Waals surface area contributed by atoms with Crippen LogP contribution in [0, 0.1) is 0 Å². The van der Waals surface area contributed by atoms with Gasteiger partial charge in [-0.3, -0.25) is 0 Å². The van der Waals surface area contributed by atoms with Crippen LogP contribution in [-0.2, 0) is 16.2 Å². The van der Waals surface area contributed by atoms with Crippen molar-refractivity contribution < 1.29 is 21.6 Å². The normalized spacial score (nSPS) is 12.4. The summed E-state index contributed by atoms with van der Waals surface area (Å²) in [5.41, 5.74) is -1.23. The minimum Gasteiger partial charge on any atom is -0.330 e. The molecule has 0 atom stereocenters. The van der Waals surface area contributed by atoms with Crippen LogP contribution in [0.3, 0.4) is 0 Å². The van der Waals surface area contributed by atoms with E-state index < -0.39 is 26.7 Å². The van der Waals surface area contributed by atoms with E-state index in [-0.39, 0.29) is 5.95 Å². The van der Waals surface area contributed by atoms with Crippen LogP contribution in [0.4, 0.5) is 19.1 Å². The summed E-state index contributed by atoms with van der Waals surface area (Å²) in [6, 6.07) is 3.92. The van der Waals surface area contributed by atoms with Gasteiger partial charge in [0, 0.05) is 12.4 Å². The smallest absolute Gasteiger partial charge is 0.330 e. The molecule has 0 saturated heterocycles. The molecule has 102 valence electrons. The SMILES string of the molecule is O=S(=O)(Nc1ncc[nH]1)c1ccccc1C(F)(F)F. The van der Waals surface area contributed by atoms with E-state index in [0.29, 0.717) is 6.07 Å². The van der Waals surface area contributed by atoms with E-state index in [2.05, 4.69) is 9.97 Å². The molecule has 0 bridgehead atoms. The summed E-state index contributed by atoms with van der Waals surface area (Å²) in [6.07, 6.45) is -2.14. The second-order valence-electron chi connectivity index (χ2n) is 3.54. The van der Waals surface area contributed by atoms with Gasteiger partial charge in [-0.2, -0.15) is 13.2 Å². The van der Waals surface area contributed by atoms with Gasteiger partial charge in [0.05, 0.1) is 10.5 Å². The zero-order valence-corrected chi connectivity index (χ0v) is 10.1. The van der Waals surface area contributed by atoms with Crippen LogP contribution in [0.2, 0.25) is 0 Å². The van der Waals surface area contributed by atoms with Crippen LogP contribution < -0.4 is 4.72 Å². The molecular formula is C10H8F3N3O2S. The molecule has 0 aliphatic rings. The molecule has 0 fully saturated rings. The van der Waals surface area contributed by atoms with Crippen molar-refractivity contribution in [3.05, 3.63) is 42.2 Å². The molecule has 0 spiro atoms. The first-order valence-electron chi connectivity index (χ1n) is 4.99. The Balaban J connectivity index is 2.47. The summed E-state index contributed by atoms with van der Waals surface area (Å²) >= 11 is 0. The number of hydrogen-bond acceptors (Lipinski definition) is 3. The van der Waals surface area contributed by atoms with Gasteiger partial charge in [0.15, 0.2) is 0 Å². The molecular weight excluding hydrogens is 283 g/mol. The number of halogens is 3. The van der Waals surface area contributed by atoms with Gasteiger partial charge in [0.25, 0.3) is 10.0 Å². The topological polar surface area (TPSA) is 74.8 Å². The van der Waals surface area contributed by atoms with Gasteiger partial charge in [-0.1, -0.05) is 12.1 Å². The second kappa shape index (κ2) is 4.57. The Morgan fingerprint density at radius 2 is 1.89 bits per heavy atom. The molecule has 1 aromatic heterocycles. The lowest BCUT2D eigenvalue weighted by Gasteiger charge is -2.13. The highest BCUT2D eigenvalue weighted by Crippen LogP contribution is 2.34. The average molecular weight is 291 g/mol. The van der Waals surface area contributed by atoms with Crippen molar-refractivity contribution in [1.82, 2.24) is 9.97 Å². The van der Waals surface area contributed by atoms with Crippen LogP contribution in [-0.4, -0.2) is 18.4 Å². The van der Waals surface area contributed by atoms with Crippen molar-refractivity contribution in [3.8, 4) is 0 Å². The Hall–Kier alpha value is -2.03. The van der Waals surface area contributed by atoms with Gasteiger partial charge in [-0.05, 0) is 12.1 Å². The van der Waals surface area contributed by atoms with Crippen molar-refractivity contribution in [2.24, 2.45) is 0 Å². The van der Waals surface area contributed by atoms with Crippen molar-refractivity contribution in [1.29, 1.82) is 0 Å². The Labute approximate surface area is 106 Å². The highest BCUT2D eigenvalue weighted by molar-refractivity contribution is 7.92. The average Bonchev–Trinajstić information content (AvgIpc) is 2.80. The molecule has 1 heterocycles. The first-order chi connectivity index (χ1) is 8.81. The Kier molecular flexibility index (Phi) is 3.23. The van der Waals surface area contributed by atoms with Crippen LogP contribution >= 0.6 is 0 Å². The number of H-pyrrole nitrogens is 1. The van der Waals surface area contributed by atoms with E-state index in [1.54, 1.807) is 0 Å². The molecule has 0 radical (unpaired) electrons. The van der Waals surface area contributed by atoms with Crippen molar-refractivity contribution in [2.45, 2.75) is 11.1 Å². The van der Waals surface area contributed by atoms with Gasteiger partial charge in [0.2, 0.25) is 5.95 Å². The zero-order valence-electron chi connectivity index (χ0n) is 9.27. The quantitative estimate of drug-likeness (QED) is 0.910. The molecule has 0 aliphatic heterocycles. The molecule has 0 unspecified atom stereocenters. The van der Waals surface area contributed by atoms with Gasteiger partial charge in [0.1, 0.15) is 0 Å². The molecule has 0 saturated carbocycles. The predicted octanol–water partition coefficient (Wildman–Crippen LogP) is 2.23. The second-order valence-corrected chi connectivity index (χ2v) is 5.19. The maximum atomic E-state index is 12.7. The van der Waals surface area contributed by atoms with Crippen LogP contribution in [0.15, 0.2) is 41.6 Å². The Morgan fingerprint density at radius 3 is 2.47 bits per heavy atom. The number of anilines is 1. The number of imidazole rings is 1.